The van der Waals surface area contributed by atoms with Crippen molar-refractivity contribution in [2.45, 2.75) is 119 Å². The Labute approximate surface area is 269 Å². The van der Waals surface area contributed by atoms with Gasteiger partial charge in [-0.3, -0.25) is 14.4 Å². The molecule has 5 rings (SSSR count). The number of ether oxygens (including phenoxy) is 2. The predicted molar refractivity (Wildman–Crippen MR) is 174 cm³/mol. The van der Waals surface area contributed by atoms with Crippen LogP contribution in [0.15, 0.2) is 12.2 Å². The maximum Gasteiger partial charge on any atom is 0.302 e. The van der Waals surface area contributed by atoms with Crippen LogP contribution in [0.5, 0.6) is 0 Å². The minimum absolute atomic E-state index is 0.0125. The largest absolute Gasteiger partial charge is 0.465 e. The van der Waals surface area contributed by atoms with Crippen LogP contribution < -0.4 is 0 Å². The third kappa shape index (κ3) is 5.15. The molecule has 0 spiro atoms. The molecule has 0 aliphatic heterocycles. The van der Waals surface area contributed by atoms with Gasteiger partial charge in [-0.1, -0.05) is 46.8 Å². The normalized spacial score (nSPS) is 44.7. The van der Waals surface area contributed by atoms with Gasteiger partial charge in [0.05, 0.1) is 0 Å². The van der Waals surface area contributed by atoms with E-state index in [1.54, 1.807) is 18.7 Å². The van der Waals surface area contributed by atoms with Crippen molar-refractivity contribution in [3.63, 3.8) is 0 Å². The molecular formula is C36H55ClO5S. The maximum absolute atomic E-state index is 13.3. The van der Waals surface area contributed by atoms with Crippen LogP contribution in [0.1, 0.15) is 113 Å². The molecule has 0 amide bonds. The van der Waals surface area contributed by atoms with Gasteiger partial charge >= 0.3 is 11.9 Å². The highest BCUT2D eigenvalue weighted by atomic mass is 35.5. The Kier molecular flexibility index (Phi) is 9.04. The third-order valence-electron chi connectivity index (χ3n) is 14.4. The lowest BCUT2D eigenvalue weighted by atomic mass is 9.32. The van der Waals surface area contributed by atoms with E-state index in [0.29, 0.717) is 30.3 Å². The standard InChI is InChI=1S/C36H55ClO5S/c1-22(21-43-20-19-41-23(2)38)25-11-16-36(31(37)40)18-17-34(7)26(30(25)36)9-10-28-33(6)14-13-29(42-24(3)39)32(4,5)27(33)12-15-35(28,34)8/h25-30H,1,9-21H2,2-8H3/t25-,26+,27-,28+,29-,30+,33-,34+,35+,36-/m0/s1. The summed E-state index contributed by atoms with van der Waals surface area (Å²) in [6, 6.07) is 0. The molecule has 5 aliphatic carbocycles. The molecule has 242 valence electrons. The summed E-state index contributed by atoms with van der Waals surface area (Å²) >= 11 is 8.35. The molecule has 5 fully saturated rings. The zero-order valence-corrected chi connectivity index (χ0v) is 29.3. The highest BCUT2D eigenvalue weighted by Gasteiger charge is 2.72. The van der Waals surface area contributed by atoms with E-state index in [9.17, 15) is 14.4 Å². The molecule has 7 heteroatoms. The molecule has 10 atom stereocenters. The van der Waals surface area contributed by atoms with Crippen LogP contribution in [0.25, 0.3) is 0 Å². The van der Waals surface area contributed by atoms with E-state index in [-0.39, 0.29) is 50.9 Å². The monoisotopic (exact) mass is 634 g/mol. The second kappa shape index (κ2) is 11.7. The smallest absolute Gasteiger partial charge is 0.302 e. The first-order valence-corrected chi connectivity index (χ1v) is 18.3. The predicted octanol–water partition coefficient (Wildman–Crippen LogP) is 8.62. The molecule has 0 aromatic heterocycles. The van der Waals surface area contributed by atoms with E-state index in [2.05, 4.69) is 41.2 Å². The van der Waals surface area contributed by atoms with Crippen LogP contribution in [0.3, 0.4) is 0 Å². The summed E-state index contributed by atoms with van der Waals surface area (Å²) in [5.41, 5.74) is 1.26. The number of rotatable bonds is 8. The number of hydrogen-bond acceptors (Lipinski definition) is 6. The van der Waals surface area contributed by atoms with Gasteiger partial charge in [0.25, 0.3) is 0 Å². The average Bonchev–Trinajstić information content (AvgIpc) is 3.31. The zero-order valence-electron chi connectivity index (χ0n) is 27.7. The Hall–Kier alpha value is -1.01. The molecule has 0 saturated heterocycles. The van der Waals surface area contributed by atoms with Crippen LogP contribution in [-0.4, -0.2) is 41.4 Å². The first-order valence-electron chi connectivity index (χ1n) is 16.8. The molecule has 43 heavy (non-hydrogen) atoms. The lowest BCUT2D eigenvalue weighted by molar-refractivity contribution is -0.248. The molecule has 0 radical (unpaired) electrons. The number of carbonyl (C=O) groups excluding carboxylic acids is 3. The van der Waals surface area contributed by atoms with Gasteiger partial charge in [0.15, 0.2) is 0 Å². The van der Waals surface area contributed by atoms with Crippen molar-refractivity contribution < 1.29 is 23.9 Å². The summed E-state index contributed by atoms with van der Waals surface area (Å²) in [4.78, 5) is 36.5. The zero-order chi connectivity index (χ0) is 31.6. The average molecular weight is 635 g/mol. The van der Waals surface area contributed by atoms with Gasteiger partial charge in [-0.25, -0.2) is 0 Å². The van der Waals surface area contributed by atoms with Crippen molar-refractivity contribution in [1.82, 2.24) is 0 Å². The topological polar surface area (TPSA) is 69.7 Å². The lowest BCUT2D eigenvalue weighted by Crippen LogP contribution is -2.67. The van der Waals surface area contributed by atoms with E-state index in [4.69, 9.17) is 21.1 Å². The molecule has 0 aromatic carbocycles. The Morgan fingerprint density at radius 3 is 2.21 bits per heavy atom. The van der Waals surface area contributed by atoms with Gasteiger partial charge in [0.1, 0.15) is 12.7 Å². The highest BCUT2D eigenvalue weighted by Crippen LogP contribution is 2.77. The van der Waals surface area contributed by atoms with E-state index >= 15 is 0 Å². The first-order chi connectivity index (χ1) is 20.0. The molecule has 0 N–H and O–H groups in total. The van der Waals surface area contributed by atoms with Crippen LogP contribution in [0, 0.1) is 56.7 Å². The van der Waals surface area contributed by atoms with Crippen LogP contribution >= 0.6 is 23.4 Å². The number of fused-ring (bicyclic) bond motifs is 7. The summed E-state index contributed by atoms with van der Waals surface area (Å²) in [7, 11) is 0. The van der Waals surface area contributed by atoms with Gasteiger partial charge < -0.3 is 9.47 Å². The Bertz CT molecular complexity index is 1150. The minimum Gasteiger partial charge on any atom is -0.465 e. The van der Waals surface area contributed by atoms with Crippen molar-refractivity contribution >= 4 is 40.5 Å². The second-order valence-electron chi connectivity index (χ2n) is 16.3. The molecule has 5 saturated carbocycles. The molecule has 0 heterocycles. The molecule has 5 nitrogen and oxygen atoms in total. The van der Waals surface area contributed by atoms with E-state index < -0.39 is 5.41 Å². The molecule has 0 aromatic rings. The summed E-state index contributed by atoms with van der Waals surface area (Å²) in [6.07, 6.45) is 10.5. The molecular weight excluding hydrogens is 580 g/mol. The van der Waals surface area contributed by atoms with Gasteiger partial charge in [-0.15, -0.1) is 0 Å². The maximum atomic E-state index is 13.3. The van der Waals surface area contributed by atoms with Crippen LogP contribution in [-0.2, 0) is 23.9 Å². The summed E-state index contributed by atoms with van der Waals surface area (Å²) in [5.74, 6) is 3.31. The Morgan fingerprint density at radius 2 is 1.56 bits per heavy atom. The summed E-state index contributed by atoms with van der Waals surface area (Å²) < 4.78 is 11.1. The number of esters is 2. The fraction of sp³-hybridized carbons (Fsp3) is 0.861. The number of halogens is 1. The van der Waals surface area contributed by atoms with Crippen molar-refractivity contribution in [3.05, 3.63) is 12.2 Å². The van der Waals surface area contributed by atoms with Crippen molar-refractivity contribution in [2.75, 3.05) is 18.1 Å². The number of hydrogen-bond donors (Lipinski definition) is 0. The minimum atomic E-state index is -0.434. The lowest BCUT2D eigenvalue weighted by Gasteiger charge is -2.72. The Morgan fingerprint density at radius 1 is 0.837 bits per heavy atom. The quantitative estimate of drug-likeness (QED) is 0.115. The van der Waals surface area contributed by atoms with Crippen molar-refractivity contribution in [2.24, 2.45) is 56.7 Å². The van der Waals surface area contributed by atoms with E-state index in [0.717, 1.165) is 62.9 Å². The van der Waals surface area contributed by atoms with Gasteiger partial charge in [0, 0.05) is 36.2 Å². The summed E-state index contributed by atoms with van der Waals surface area (Å²) in [6.45, 7) is 20.5. The first kappa shape index (κ1) is 33.4. The fourth-order valence-corrected chi connectivity index (χ4v) is 13.5. The van der Waals surface area contributed by atoms with E-state index in [1.807, 2.05) is 0 Å². The molecule has 0 unspecified atom stereocenters. The second-order valence-corrected chi connectivity index (χ2v) is 17.7. The van der Waals surface area contributed by atoms with Crippen LogP contribution in [0.2, 0.25) is 0 Å². The van der Waals surface area contributed by atoms with Gasteiger partial charge in [-0.05, 0) is 122 Å². The SMILES string of the molecule is C=C(CSCCOC(C)=O)[C@@H]1CC[C@]2(C(=O)Cl)CC[C@]3(C)[C@H](CC[C@@H]4[C@@]5(C)CC[C@H](OC(C)=O)C(C)(C)[C@@H]5CC[C@]43C)[C@@H]12. The van der Waals surface area contributed by atoms with Gasteiger partial charge in [-0.2, -0.15) is 11.8 Å². The Balaban J connectivity index is 1.42. The fourth-order valence-electron chi connectivity index (χ4n) is 12.3. The number of thioether (sulfide) groups is 1. The highest BCUT2D eigenvalue weighted by molar-refractivity contribution is 7.99. The summed E-state index contributed by atoms with van der Waals surface area (Å²) in [5, 5.41) is -0.120. The van der Waals surface area contributed by atoms with Crippen LogP contribution in [0.4, 0.5) is 0 Å². The number of carbonyl (C=O) groups is 3. The third-order valence-corrected chi connectivity index (χ3v) is 15.8. The molecule has 0 bridgehead atoms. The molecule has 5 aliphatic rings. The van der Waals surface area contributed by atoms with Crippen molar-refractivity contribution in [3.8, 4) is 0 Å². The van der Waals surface area contributed by atoms with E-state index in [1.165, 1.54) is 25.3 Å². The van der Waals surface area contributed by atoms with Crippen molar-refractivity contribution in [1.29, 1.82) is 0 Å². The van der Waals surface area contributed by atoms with Gasteiger partial charge in [0.2, 0.25) is 5.24 Å².